The molecule has 0 aromatic carbocycles. The van der Waals surface area contributed by atoms with E-state index in [0.29, 0.717) is 15.6 Å². The Hall–Kier alpha value is -1.53. The number of hydrogen-bond donors (Lipinski definition) is 2. The number of rotatable bonds is 3. The minimum Gasteiger partial charge on any atom is -0.384 e. The summed E-state index contributed by atoms with van der Waals surface area (Å²) >= 11 is 7.42. The molecule has 0 unspecified atom stereocenters. The molecule has 0 saturated heterocycles. The Morgan fingerprint density at radius 2 is 2.28 bits per heavy atom. The molecule has 5 nitrogen and oxygen atoms in total. The summed E-state index contributed by atoms with van der Waals surface area (Å²) in [6, 6.07) is 3.54. The number of nitrogen functional groups attached to an aromatic ring is 1. The molecular formula is C11H12ClN5S. The van der Waals surface area contributed by atoms with Gasteiger partial charge in [-0.25, -0.2) is 4.98 Å². The quantitative estimate of drug-likeness (QED) is 0.668. The van der Waals surface area contributed by atoms with E-state index in [9.17, 15) is 0 Å². The molecule has 0 saturated carbocycles. The van der Waals surface area contributed by atoms with Crippen LogP contribution in [0.15, 0.2) is 28.4 Å². The predicted molar refractivity (Wildman–Crippen MR) is 72.3 cm³/mol. The number of aromatic nitrogens is 3. The molecule has 7 heteroatoms. The molecule has 0 aliphatic heterocycles. The molecule has 0 spiro atoms. The number of pyridine rings is 1. The van der Waals surface area contributed by atoms with Crippen molar-refractivity contribution in [3.63, 3.8) is 0 Å². The van der Waals surface area contributed by atoms with Crippen LogP contribution in [0, 0.1) is 12.3 Å². The van der Waals surface area contributed by atoms with Crippen LogP contribution in [0.25, 0.3) is 0 Å². The van der Waals surface area contributed by atoms with Gasteiger partial charge in [-0.3, -0.25) is 10.1 Å². The van der Waals surface area contributed by atoms with Crippen LogP contribution >= 0.6 is 23.4 Å². The minimum atomic E-state index is -0.00449. The van der Waals surface area contributed by atoms with E-state index >= 15 is 0 Å². The second-order valence-electron chi connectivity index (χ2n) is 3.70. The van der Waals surface area contributed by atoms with Crippen LogP contribution in [0.1, 0.15) is 11.3 Å². The zero-order chi connectivity index (χ0) is 13.3. The number of hydrogen-bond acceptors (Lipinski definition) is 4. The fourth-order valence-corrected chi connectivity index (χ4v) is 2.83. The van der Waals surface area contributed by atoms with Gasteiger partial charge in [0.05, 0.1) is 16.3 Å². The van der Waals surface area contributed by atoms with Crippen molar-refractivity contribution in [3.8, 4) is 0 Å². The van der Waals surface area contributed by atoms with Gasteiger partial charge >= 0.3 is 0 Å². The van der Waals surface area contributed by atoms with Crippen LogP contribution in [0.4, 0.5) is 0 Å². The van der Waals surface area contributed by atoms with Crippen LogP contribution in [0.5, 0.6) is 0 Å². The minimum absolute atomic E-state index is 0.00449. The maximum atomic E-state index is 7.61. The first-order valence-electron chi connectivity index (χ1n) is 5.17. The van der Waals surface area contributed by atoms with Crippen molar-refractivity contribution in [2.75, 3.05) is 0 Å². The Kier molecular flexibility index (Phi) is 3.58. The summed E-state index contributed by atoms with van der Waals surface area (Å²) in [5, 5.41) is 13.9. The van der Waals surface area contributed by atoms with E-state index in [1.165, 1.54) is 11.8 Å². The van der Waals surface area contributed by atoms with Crippen molar-refractivity contribution in [2.24, 2.45) is 12.8 Å². The van der Waals surface area contributed by atoms with Gasteiger partial charge in [-0.05, 0) is 30.8 Å². The van der Waals surface area contributed by atoms with Gasteiger partial charge in [-0.15, -0.1) is 0 Å². The molecule has 94 valence electrons. The van der Waals surface area contributed by atoms with Crippen LogP contribution < -0.4 is 5.73 Å². The summed E-state index contributed by atoms with van der Waals surface area (Å²) < 4.78 is 1.68. The molecule has 18 heavy (non-hydrogen) atoms. The molecule has 2 rings (SSSR count). The highest BCUT2D eigenvalue weighted by atomic mass is 35.5. The fraction of sp³-hybridized carbons (Fsp3) is 0.182. The average molecular weight is 282 g/mol. The Bertz CT molecular complexity index is 607. The molecule has 2 heterocycles. The molecule has 0 bridgehead atoms. The third-order valence-electron chi connectivity index (χ3n) is 2.36. The van der Waals surface area contributed by atoms with Crippen molar-refractivity contribution >= 4 is 29.2 Å². The first-order chi connectivity index (χ1) is 8.50. The lowest BCUT2D eigenvalue weighted by molar-refractivity contribution is 0.691. The smallest absolute Gasteiger partial charge is 0.127 e. The van der Waals surface area contributed by atoms with E-state index in [1.54, 1.807) is 30.1 Å². The maximum absolute atomic E-state index is 7.61. The molecule has 0 aliphatic rings. The highest BCUT2D eigenvalue weighted by Gasteiger charge is 2.18. The molecule has 0 amide bonds. The predicted octanol–water partition coefficient (Wildman–Crippen LogP) is 2.21. The van der Waals surface area contributed by atoms with Crippen molar-refractivity contribution in [1.82, 2.24) is 14.8 Å². The van der Waals surface area contributed by atoms with E-state index < -0.39 is 0 Å². The summed E-state index contributed by atoms with van der Waals surface area (Å²) in [6.07, 6.45) is 1.67. The standard InChI is InChI=1S/C11H12ClN5S/c1-6-8(9(13)14)11(17(2)16-6)18-10-7(12)4-3-5-15-10/h3-5H,1-2H3,(H3,13,14). The molecule has 0 aliphatic carbocycles. The lowest BCUT2D eigenvalue weighted by Gasteiger charge is -2.05. The second kappa shape index (κ2) is 4.99. The Morgan fingerprint density at radius 3 is 2.89 bits per heavy atom. The number of nitrogens with two attached hydrogens (primary N) is 1. The number of aryl methyl sites for hydroxylation is 2. The highest BCUT2D eigenvalue weighted by molar-refractivity contribution is 7.99. The van der Waals surface area contributed by atoms with Gasteiger partial charge in [-0.1, -0.05) is 11.6 Å². The zero-order valence-corrected chi connectivity index (χ0v) is 11.5. The number of nitrogens with zero attached hydrogens (tertiary/aromatic N) is 3. The summed E-state index contributed by atoms with van der Waals surface area (Å²) in [7, 11) is 1.80. The zero-order valence-electron chi connectivity index (χ0n) is 9.94. The monoisotopic (exact) mass is 281 g/mol. The summed E-state index contributed by atoms with van der Waals surface area (Å²) in [5.41, 5.74) is 6.93. The van der Waals surface area contributed by atoms with Crippen molar-refractivity contribution in [2.45, 2.75) is 17.0 Å². The first-order valence-corrected chi connectivity index (χ1v) is 6.36. The summed E-state index contributed by atoms with van der Waals surface area (Å²) in [6.45, 7) is 1.82. The lowest BCUT2D eigenvalue weighted by atomic mass is 10.2. The third-order valence-corrected chi connectivity index (χ3v) is 3.95. The van der Waals surface area contributed by atoms with Gasteiger partial charge in [0.25, 0.3) is 0 Å². The van der Waals surface area contributed by atoms with E-state index in [4.69, 9.17) is 22.7 Å². The van der Waals surface area contributed by atoms with E-state index in [2.05, 4.69) is 10.1 Å². The second-order valence-corrected chi connectivity index (χ2v) is 5.08. The van der Waals surface area contributed by atoms with Crippen LogP contribution in [-0.2, 0) is 7.05 Å². The van der Waals surface area contributed by atoms with Crippen LogP contribution in [-0.4, -0.2) is 20.6 Å². The number of halogens is 1. The molecule has 2 aromatic rings. The fourth-order valence-electron chi connectivity index (χ4n) is 1.60. The van der Waals surface area contributed by atoms with Gasteiger partial charge in [0.2, 0.25) is 0 Å². The molecule has 3 N–H and O–H groups in total. The number of amidine groups is 1. The SMILES string of the molecule is Cc1nn(C)c(Sc2ncccc2Cl)c1C(=N)N. The summed E-state index contributed by atoms with van der Waals surface area (Å²) in [4.78, 5) is 4.20. The van der Waals surface area contributed by atoms with Crippen molar-refractivity contribution in [1.29, 1.82) is 5.41 Å². The maximum Gasteiger partial charge on any atom is 0.127 e. The molecule has 2 aromatic heterocycles. The van der Waals surface area contributed by atoms with Gasteiger partial charge in [0.15, 0.2) is 0 Å². The molecule has 0 atom stereocenters. The van der Waals surface area contributed by atoms with Crippen LogP contribution in [0.2, 0.25) is 5.02 Å². The Balaban J connectivity index is 2.47. The third kappa shape index (κ3) is 2.34. The molecular weight excluding hydrogens is 270 g/mol. The van der Waals surface area contributed by atoms with Gasteiger partial charge in [0, 0.05) is 13.2 Å². The Morgan fingerprint density at radius 1 is 1.56 bits per heavy atom. The normalized spacial score (nSPS) is 10.6. The van der Waals surface area contributed by atoms with E-state index in [-0.39, 0.29) is 5.84 Å². The highest BCUT2D eigenvalue weighted by Crippen LogP contribution is 2.33. The van der Waals surface area contributed by atoms with Gasteiger partial charge in [-0.2, -0.15) is 5.10 Å². The number of nitrogens with one attached hydrogen (secondary N) is 1. The van der Waals surface area contributed by atoms with Crippen molar-refractivity contribution < 1.29 is 0 Å². The topological polar surface area (TPSA) is 80.6 Å². The van der Waals surface area contributed by atoms with E-state index in [0.717, 1.165) is 10.7 Å². The molecule has 0 radical (unpaired) electrons. The first kappa shape index (κ1) is 12.9. The van der Waals surface area contributed by atoms with E-state index in [1.807, 2.05) is 6.92 Å². The van der Waals surface area contributed by atoms with Gasteiger partial charge in [0.1, 0.15) is 15.9 Å². The molecule has 0 fully saturated rings. The average Bonchev–Trinajstić information content (AvgIpc) is 2.57. The Labute approximate surface area is 114 Å². The lowest BCUT2D eigenvalue weighted by Crippen LogP contribution is -2.13. The van der Waals surface area contributed by atoms with Crippen LogP contribution in [0.3, 0.4) is 0 Å². The van der Waals surface area contributed by atoms with Crippen molar-refractivity contribution in [3.05, 3.63) is 34.6 Å². The largest absolute Gasteiger partial charge is 0.384 e. The summed E-state index contributed by atoms with van der Waals surface area (Å²) in [5.74, 6) is -0.00449. The van der Waals surface area contributed by atoms with Gasteiger partial charge < -0.3 is 5.73 Å².